The van der Waals surface area contributed by atoms with Crippen molar-refractivity contribution in [2.75, 3.05) is 7.11 Å². The molecule has 28 heavy (non-hydrogen) atoms. The summed E-state index contributed by atoms with van der Waals surface area (Å²) in [5.41, 5.74) is -3.85. The van der Waals surface area contributed by atoms with Crippen molar-refractivity contribution in [1.82, 2.24) is 14.9 Å². The van der Waals surface area contributed by atoms with Gasteiger partial charge in [0.05, 0.1) is 7.11 Å². The van der Waals surface area contributed by atoms with Crippen molar-refractivity contribution < 1.29 is 36.3 Å². The van der Waals surface area contributed by atoms with E-state index in [0.717, 1.165) is 25.3 Å². The van der Waals surface area contributed by atoms with E-state index >= 15 is 0 Å². The number of esters is 1. The predicted octanol–water partition coefficient (Wildman–Crippen LogP) is 3.10. The van der Waals surface area contributed by atoms with Crippen LogP contribution in [0.15, 0.2) is 24.5 Å². The van der Waals surface area contributed by atoms with Crippen LogP contribution < -0.4 is 5.32 Å². The van der Waals surface area contributed by atoms with Gasteiger partial charge in [-0.3, -0.25) is 9.36 Å². The lowest BCUT2D eigenvalue weighted by Gasteiger charge is -2.20. The molecule has 1 atom stereocenters. The number of carbonyl (C=O) groups is 2. The molecule has 0 aliphatic carbocycles. The fourth-order valence-electron chi connectivity index (χ4n) is 2.51. The molecule has 1 N–H and O–H groups in total. The van der Waals surface area contributed by atoms with Crippen LogP contribution >= 0.6 is 0 Å². The number of methoxy groups -OCH3 is 1. The Morgan fingerprint density at radius 3 is 2.21 bits per heavy atom. The van der Waals surface area contributed by atoms with E-state index in [1.165, 1.54) is 0 Å². The number of imidazole rings is 1. The molecule has 1 aromatic heterocycles. The lowest BCUT2D eigenvalue weighted by atomic mass is 10.0. The van der Waals surface area contributed by atoms with Gasteiger partial charge in [-0.25, -0.2) is 18.6 Å². The van der Waals surface area contributed by atoms with Gasteiger partial charge in [-0.05, 0) is 18.1 Å². The fourth-order valence-corrected chi connectivity index (χ4v) is 2.51. The van der Waals surface area contributed by atoms with Crippen LogP contribution in [0.2, 0.25) is 0 Å². The van der Waals surface area contributed by atoms with E-state index in [1.54, 1.807) is 13.8 Å². The third kappa shape index (κ3) is 4.12. The van der Waals surface area contributed by atoms with Crippen LogP contribution in [-0.4, -0.2) is 34.6 Å². The molecule has 0 saturated heterocycles. The Morgan fingerprint density at radius 2 is 1.75 bits per heavy atom. The summed E-state index contributed by atoms with van der Waals surface area (Å²) in [7, 11) is 1.06. The van der Waals surface area contributed by atoms with E-state index in [-0.39, 0.29) is 4.57 Å². The first kappa shape index (κ1) is 21.3. The van der Waals surface area contributed by atoms with Crippen molar-refractivity contribution in [1.29, 1.82) is 0 Å². The van der Waals surface area contributed by atoms with Crippen LogP contribution in [0.3, 0.4) is 0 Å². The number of hydrogen-bond donors (Lipinski definition) is 1. The van der Waals surface area contributed by atoms with Gasteiger partial charge in [-0.1, -0.05) is 19.9 Å². The molecular weight excluding hydrogens is 389 g/mol. The van der Waals surface area contributed by atoms with Gasteiger partial charge >= 0.3 is 12.1 Å². The van der Waals surface area contributed by atoms with E-state index in [9.17, 15) is 31.5 Å². The number of ether oxygens (including phenoxy) is 1. The Balaban J connectivity index is 2.56. The summed E-state index contributed by atoms with van der Waals surface area (Å²) in [6, 6.07) is 1.28. The van der Waals surface area contributed by atoms with Gasteiger partial charge in [0.15, 0.2) is 11.4 Å². The minimum atomic E-state index is -5.17. The van der Waals surface area contributed by atoms with Crippen LogP contribution in [0.25, 0.3) is 5.69 Å². The molecule has 2 rings (SSSR count). The number of hydrogen-bond acceptors (Lipinski definition) is 4. The molecule has 0 fully saturated rings. The highest BCUT2D eigenvalue weighted by molar-refractivity contribution is 5.96. The standard InChI is InChI=1S/C17H16F5N3O3/c1-8(2)11(16(27)28-3)24-15(26)12-14(17(20,21)22)25(7-23-12)13-9(18)5-4-6-10(13)19/h4-8,11H,1-3H3,(H,24,26). The predicted molar refractivity (Wildman–Crippen MR) is 86.6 cm³/mol. The number of nitrogens with one attached hydrogen (secondary N) is 1. The summed E-state index contributed by atoms with van der Waals surface area (Å²) in [6.07, 6.45) is -4.68. The largest absolute Gasteiger partial charge is 0.467 e. The molecule has 1 amide bonds. The van der Waals surface area contributed by atoms with Crippen LogP contribution in [-0.2, 0) is 15.7 Å². The molecule has 1 heterocycles. The highest BCUT2D eigenvalue weighted by Crippen LogP contribution is 2.34. The molecule has 0 aliphatic heterocycles. The smallest absolute Gasteiger partial charge is 0.434 e. The van der Waals surface area contributed by atoms with Crippen LogP contribution in [0.5, 0.6) is 0 Å². The normalized spacial score (nSPS) is 12.8. The van der Waals surface area contributed by atoms with E-state index in [2.05, 4.69) is 15.0 Å². The topological polar surface area (TPSA) is 73.2 Å². The average molecular weight is 405 g/mol. The first-order chi connectivity index (χ1) is 13.0. The minimum Gasteiger partial charge on any atom is -0.467 e. The van der Waals surface area contributed by atoms with E-state index in [4.69, 9.17) is 0 Å². The van der Waals surface area contributed by atoms with Crippen molar-refractivity contribution >= 4 is 11.9 Å². The molecule has 152 valence electrons. The number of halogens is 5. The minimum absolute atomic E-state index is 0.113. The number of amides is 1. The number of alkyl halides is 3. The Kier molecular flexibility index (Phi) is 6.05. The molecule has 0 saturated carbocycles. The zero-order valence-electron chi connectivity index (χ0n) is 15.0. The van der Waals surface area contributed by atoms with Gasteiger partial charge in [0.2, 0.25) is 0 Å². The van der Waals surface area contributed by atoms with Gasteiger partial charge < -0.3 is 10.1 Å². The number of carbonyl (C=O) groups excluding carboxylic acids is 2. The maximum absolute atomic E-state index is 14.0. The van der Waals surface area contributed by atoms with Crippen LogP contribution in [0.1, 0.15) is 30.0 Å². The van der Waals surface area contributed by atoms with E-state index in [0.29, 0.717) is 6.33 Å². The summed E-state index contributed by atoms with van der Waals surface area (Å²) in [4.78, 5) is 27.5. The van der Waals surface area contributed by atoms with Crippen LogP contribution in [0, 0.1) is 17.6 Å². The van der Waals surface area contributed by atoms with Gasteiger partial charge in [0.1, 0.15) is 29.7 Å². The average Bonchev–Trinajstić information content (AvgIpc) is 3.03. The number of nitrogens with zero attached hydrogens (tertiary/aromatic N) is 2. The van der Waals surface area contributed by atoms with E-state index in [1.807, 2.05) is 0 Å². The molecule has 11 heteroatoms. The Hall–Kier alpha value is -2.98. The second-order valence-corrected chi connectivity index (χ2v) is 6.10. The monoisotopic (exact) mass is 405 g/mol. The molecule has 0 radical (unpaired) electrons. The lowest BCUT2D eigenvalue weighted by Crippen LogP contribution is -2.45. The first-order valence-electron chi connectivity index (χ1n) is 7.96. The molecule has 1 aromatic carbocycles. The fraction of sp³-hybridized carbons (Fsp3) is 0.353. The van der Waals surface area contributed by atoms with Crippen molar-refractivity contribution in [3.63, 3.8) is 0 Å². The number of benzene rings is 1. The molecule has 0 spiro atoms. The van der Waals surface area contributed by atoms with E-state index < -0.39 is 58.7 Å². The third-order valence-corrected chi connectivity index (χ3v) is 3.84. The second-order valence-electron chi connectivity index (χ2n) is 6.10. The van der Waals surface area contributed by atoms with Crippen molar-refractivity contribution in [2.45, 2.75) is 26.1 Å². The van der Waals surface area contributed by atoms with Crippen molar-refractivity contribution in [2.24, 2.45) is 5.92 Å². The highest BCUT2D eigenvalue weighted by atomic mass is 19.4. The zero-order chi connectivity index (χ0) is 21.2. The Bertz CT molecular complexity index is 872. The number of rotatable bonds is 5. The summed E-state index contributed by atoms with van der Waals surface area (Å²) < 4.78 is 73.3. The SMILES string of the molecule is COC(=O)C(NC(=O)c1ncn(-c2c(F)cccc2F)c1C(F)(F)F)C(C)C. The highest BCUT2D eigenvalue weighted by Gasteiger charge is 2.42. The maximum Gasteiger partial charge on any atom is 0.434 e. The Morgan fingerprint density at radius 1 is 1.18 bits per heavy atom. The summed E-state index contributed by atoms with van der Waals surface area (Å²) in [5.74, 6) is -5.26. The summed E-state index contributed by atoms with van der Waals surface area (Å²) >= 11 is 0. The molecule has 0 bridgehead atoms. The molecule has 6 nitrogen and oxygen atoms in total. The van der Waals surface area contributed by atoms with Crippen molar-refractivity contribution in [3.05, 3.63) is 47.5 Å². The first-order valence-corrected chi connectivity index (χ1v) is 7.96. The lowest BCUT2D eigenvalue weighted by molar-refractivity contribution is -0.144. The van der Waals surface area contributed by atoms with Gasteiger partial charge in [0.25, 0.3) is 5.91 Å². The number of aromatic nitrogens is 2. The summed E-state index contributed by atoms with van der Waals surface area (Å²) in [5, 5.41) is 2.11. The molecule has 2 aromatic rings. The third-order valence-electron chi connectivity index (χ3n) is 3.84. The van der Waals surface area contributed by atoms with Crippen LogP contribution in [0.4, 0.5) is 22.0 Å². The van der Waals surface area contributed by atoms with Gasteiger partial charge in [-0.15, -0.1) is 0 Å². The molecule has 0 aliphatic rings. The maximum atomic E-state index is 14.0. The summed E-state index contributed by atoms with van der Waals surface area (Å²) in [6.45, 7) is 3.08. The quantitative estimate of drug-likeness (QED) is 0.613. The number of para-hydroxylation sites is 1. The second kappa shape index (κ2) is 7.95. The molecule has 1 unspecified atom stereocenters. The zero-order valence-corrected chi connectivity index (χ0v) is 15.0. The van der Waals surface area contributed by atoms with Gasteiger partial charge in [-0.2, -0.15) is 13.2 Å². The van der Waals surface area contributed by atoms with Crippen molar-refractivity contribution in [3.8, 4) is 5.69 Å². The molecular formula is C17H16F5N3O3. The Labute approximate surface area is 156 Å². The van der Waals surface area contributed by atoms with Gasteiger partial charge in [0, 0.05) is 0 Å².